The number of carbonyl (C=O) groups excluding carboxylic acids is 4. The molecule has 1 saturated carbocycles. The predicted octanol–water partition coefficient (Wildman–Crippen LogP) is 4.02. The Kier molecular flexibility index (Phi) is 6.31. The highest BCUT2D eigenvalue weighted by atomic mass is 16.5. The fourth-order valence-corrected chi connectivity index (χ4v) is 4.85. The maximum absolute atomic E-state index is 12.9. The van der Waals surface area contributed by atoms with E-state index in [0.717, 1.165) is 30.4 Å². The van der Waals surface area contributed by atoms with E-state index in [9.17, 15) is 19.2 Å². The van der Waals surface area contributed by atoms with Crippen LogP contribution >= 0.6 is 0 Å². The maximum atomic E-state index is 12.9. The van der Waals surface area contributed by atoms with Crippen molar-refractivity contribution in [3.8, 4) is 0 Å². The highest BCUT2D eigenvalue weighted by Crippen LogP contribution is 2.42. The third kappa shape index (κ3) is 4.82. The Morgan fingerprint density at radius 2 is 1.61 bits per heavy atom. The molecule has 2 aromatic carbocycles. The third-order valence-corrected chi connectivity index (χ3v) is 6.39. The molecule has 7 heteroatoms. The highest BCUT2D eigenvalue weighted by Gasteiger charge is 2.49. The number of nitrogens with one attached hydrogen (secondary N) is 1. The van der Waals surface area contributed by atoms with Crippen molar-refractivity contribution >= 4 is 35.1 Å². The molecule has 2 aromatic rings. The third-order valence-electron chi connectivity index (χ3n) is 6.39. The normalized spacial score (nSPS) is 22.2. The van der Waals surface area contributed by atoms with E-state index in [0.29, 0.717) is 17.3 Å². The number of anilines is 2. The largest absolute Gasteiger partial charge is 0.452 e. The number of hydrogen-bond donors (Lipinski definition) is 1. The molecule has 0 bridgehead atoms. The molecule has 1 saturated heterocycles. The van der Waals surface area contributed by atoms with E-state index in [1.165, 1.54) is 17.0 Å². The van der Waals surface area contributed by atoms with Crippen LogP contribution < -0.4 is 10.2 Å². The number of rotatable bonds is 5. The summed E-state index contributed by atoms with van der Waals surface area (Å²) < 4.78 is 5.12. The molecule has 1 heterocycles. The van der Waals surface area contributed by atoms with Crippen molar-refractivity contribution in [1.82, 2.24) is 0 Å². The van der Waals surface area contributed by atoms with E-state index >= 15 is 0 Å². The first-order valence-electron chi connectivity index (χ1n) is 11.3. The van der Waals surface area contributed by atoms with Gasteiger partial charge >= 0.3 is 5.97 Å². The van der Waals surface area contributed by atoms with E-state index in [1.54, 1.807) is 12.1 Å². The summed E-state index contributed by atoms with van der Waals surface area (Å²) in [4.78, 5) is 51.4. The van der Waals surface area contributed by atoms with E-state index in [4.69, 9.17) is 4.74 Å². The van der Waals surface area contributed by atoms with Crippen LogP contribution in [0, 0.1) is 31.6 Å². The average molecular weight is 449 g/mol. The molecule has 172 valence electrons. The minimum atomic E-state index is -0.654. The van der Waals surface area contributed by atoms with E-state index in [-0.39, 0.29) is 29.2 Å². The second-order valence-corrected chi connectivity index (χ2v) is 9.19. The zero-order chi connectivity index (χ0) is 23.7. The zero-order valence-corrected chi connectivity index (χ0v) is 19.1. The molecule has 1 aliphatic carbocycles. The van der Waals surface area contributed by atoms with Gasteiger partial charge in [0.05, 0.1) is 23.1 Å². The van der Waals surface area contributed by atoms with Crippen LogP contribution in [-0.4, -0.2) is 30.3 Å². The van der Waals surface area contributed by atoms with Crippen LogP contribution in [0.5, 0.6) is 0 Å². The summed E-state index contributed by atoms with van der Waals surface area (Å²) in [5.74, 6) is -1.46. The molecule has 1 N–H and O–H groups in total. The van der Waals surface area contributed by atoms with Crippen LogP contribution in [-0.2, 0) is 19.1 Å². The number of hydrogen-bond acceptors (Lipinski definition) is 5. The summed E-state index contributed by atoms with van der Waals surface area (Å²) in [6, 6.07) is 11.8. The lowest BCUT2D eigenvalue weighted by Gasteiger charge is -2.25. The molecular formula is C26H28N2O5. The van der Waals surface area contributed by atoms with Gasteiger partial charge in [-0.3, -0.25) is 19.3 Å². The fraction of sp³-hybridized carbons (Fsp3) is 0.385. The highest BCUT2D eigenvalue weighted by molar-refractivity contribution is 6.22. The topological polar surface area (TPSA) is 92.8 Å². The number of amides is 3. The van der Waals surface area contributed by atoms with Gasteiger partial charge in [-0.2, -0.15) is 0 Å². The second-order valence-electron chi connectivity index (χ2n) is 9.19. The second kappa shape index (κ2) is 9.17. The van der Waals surface area contributed by atoms with Crippen LogP contribution in [0.3, 0.4) is 0 Å². The number of aryl methyl sites for hydroxylation is 2. The first-order chi connectivity index (χ1) is 15.7. The van der Waals surface area contributed by atoms with Crippen molar-refractivity contribution in [2.75, 3.05) is 16.8 Å². The lowest BCUT2D eigenvalue weighted by atomic mass is 9.76. The van der Waals surface area contributed by atoms with E-state index < -0.39 is 18.5 Å². The number of benzene rings is 2. The molecular weight excluding hydrogens is 420 g/mol. The summed E-state index contributed by atoms with van der Waals surface area (Å²) in [5, 5.41) is 2.72. The minimum Gasteiger partial charge on any atom is -0.452 e. The maximum Gasteiger partial charge on any atom is 0.338 e. The fourth-order valence-electron chi connectivity index (χ4n) is 4.85. The van der Waals surface area contributed by atoms with Crippen molar-refractivity contribution in [3.05, 3.63) is 59.2 Å². The van der Waals surface area contributed by atoms with E-state index in [2.05, 4.69) is 12.2 Å². The molecule has 7 nitrogen and oxygen atoms in total. The van der Waals surface area contributed by atoms with Crippen LogP contribution in [0.2, 0.25) is 0 Å². The van der Waals surface area contributed by atoms with Gasteiger partial charge in [-0.25, -0.2) is 4.79 Å². The minimum absolute atomic E-state index is 0.157. The first-order valence-corrected chi connectivity index (χ1v) is 11.3. The Morgan fingerprint density at radius 1 is 0.970 bits per heavy atom. The Hall–Kier alpha value is -3.48. The summed E-state index contributed by atoms with van der Waals surface area (Å²) in [7, 11) is 0. The van der Waals surface area contributed by atoms with Gasteiger partial charge in [0.25, 0.3) is 5.91 Å². The smallest absolute Gasteiger partial charge is 0.338 e. The Morgan fingerprint density at radius 3 is 2.27 bits per heavy atom. The zero-order valence-electron chi connectivity index (χ0n) is 19.1. The molecule has 0 spiro atoms. The first kappa shape index (κ1) is 22.7. The molecule has 0 unspecified atom stereocenters. The summed E-state index contributed by atoms with van der Waals surface area (Å²) in [5.41, 5.74) is 3.38. The van der Waals surface area contributed by atoms with Crippen LogP contribution in [0.1, 0.15) is 47.7 Å². The lowest BCUT2D eigenvalue weighted by molar-refractivity contribution is -0.122. The molecule has 3 atom stereocenters. The standard InChI is InChI=1S/C26H28N2O5/c1-15-4-9-21-22(13-15)25(31)28(24(21)30)20-7-5-18(6-8-20)26(32)33-14-23(29)27-19-11-16(2)10-17(3)12-19/h5-8,10-12,15,21-22H,4,9,13-14H2,1-3H3,(H,27,29)/t15-,21+,22+/m0/s1. The number of esters is 1. The van der Waals surface area contributed by atoms with Gasteiger partial charge in [-0.15, -0.1) is 0 Å². The summed E-state index contributed by atoms with van der Waals surface area (Å²) >= 11 is 0. The van der Waals surface area contributed by atoms with Gasteiger partial charge in [0.1, 0.15) is 0 Å². The Bertz CT molecular complexity index is 1090. The van der Waals surface area contributed by atoms with Crippen molar-refractivity contribution < 1.29 is 23.9 Å². The van der Waals surface area contributed by atoms with Gasteiger partial charge in [0.2, 0.25) is 11.8 Å². The van der Waals surface area contributed by atoms with Crippen LogP contribution in [0.15, 0.2) is 42.5 Å². The van der Waals surface area contributed by atoms with Gasteiger partial charge in [-0.05, 0) is 86.6 Å². The lowest BCUT2D eigenvalue weighted by Crippen LogP contribution is -2.30. The Balaban J connectivity index is 1.36. The molecule has 4 rings (SSSR count). The quantitative estimate of drug-likeness (QED) is 0.551. The summed E-state index contributed by atoms with van der Waals surface area (Å²) in [6.45, 7) is 5.56. The number of fused-ring (bicyclic) bond motifs is 1. The van der Waals surface area contributed by atoms with Gasteiger partial charge in [0, 0.05) is 5.69 Å². The van der Waals surface area contributed by atoms with Gasteiger partial charge < -0.3 is 10.1 Å². The molecule has 3 amide bonds. The number of carbonyl (C=O) groups is 4. The SMILES string of the molecule is Cc1cc(C)cc(NC(=O)COC(=O)c2ccc(N3C(=O)[C@@H]4CC[C@H](C)C[C@H]4C3=O)cc2)c1. The van der Waals surface area contributed by atoms with Crippen LogP contribution in [0.25, 0.3) is 0 Å². The molecule has 0 aromatic heterocycles. The molecule has 2 fully saturated rings. The molecule has 1 aliphatic heterocycles. The number of ether oxygens (including phenoxy) is 1. The van der Waals surface area contributed by atoms with Crippen molar-refractivity contribution in [3.63, 3.8) is 0 Å². The number of imide groups is 1. The average Bonchev–Trinajstić information content (AvgIpc) is 3.01. The molecule has 2 aliphatic rings. The van der Waals surface area contributed by atoms with Crippen LogP contribution in [0.4, 0.5) is 11.4 Å². The van der Waals surface area contributed by atoms with Crippen molar-refractivity contribution in [1.29, 1.82) is 0 Å². The van der Waals surface area contributed by atoms with Crippen molar-refractivity contribution in [2.45, 2.75) is 40.0 Å². The predicted molar refractivity (Wildman–Crippen MR) is 124 cm³/mol. The molecule has 0 radical (unpaired) electrons. The van der Waals surface area contributed by atoms with Gasteiger partial charge in [0.15, 0.2) is 6.61 Å². The number of nitrogens with zero attached hydrogens (tertiary/aromatic N) is 1. The van der Waals surface area contributed by atoms with Crippen molar-refractivity contribution in [2.24, 2.45) is 17.8 Å². The van der Waals surface area contributed by atoms with E-state index in [1.807, 2.05) is 32.0 Å². The summed E-state index contributed by atoms with van der Waals surface area (Å²) in [6.07, 6.45) is 2.43. The molecule has 33 heavy (non-hydrogen) atoms. The van der Waals surface area contributed by atoms with Gasteiger partial charge in [-0.1, -0.05) is 13.0 Å². The Labute approximate surface area is 193 Å². The monoisotopic (exact) mass is 448 g/mol.